The quantitative estimate of drug-likeness (QED) is 0.906. The highest BCUT2D eigenvalue weighted by molar-refractivity contribution is 7.17. The molecule has 20 heavy (non-hydrogen) atoms. The number of hydrogen-bond acceptors (Lipinski definition) is 3. The molecule has 3 rings (SSSR count). The SMILES string of the molecule is O=C(CCC1CCNCC1)Cc1csc2ccccc12. The Morgan fingerprint density at radius 1 is 1.25 bits per heavy atom. The molecule has 2 aromatic rings. The van der Waals surface area contributed by atoms with Crippen molar-refractivity contribution in [3.63, 3.8) is 0 Å². The standard InChI is InChI=1S/C17H21NOS/c19-15(6-5-13-7-9-18-10-8-13)11-14-12-20-17-4-2-1-3-16(14)17/h1-4,12-13,18H,5-11H2. The Hall–Kier alpha value is -1.19. The first-order chi connectivity index (χ1) is 9.83. The smallest absolute Gasteiger partial charge is 0.137 e. The minimum Gasteiger partial charge on any atom is -0.317 e. The van der Waals surface area contributed by atoms with Gasteiger partial charge < -0.3 is 5.32 Å². The van der Waals surface area contributed by atoms with Crippen LogP contribution in [-0.2, 0) is 11.2 Å². The Bertz CT molecular complexity index is 583. The average Bonchev–Trinajstić information content (AvgIpc) is 2.90. The molecule has 1 aromatic carbocycles. The molecule has 0 bridgehead atoms. The molecule has 0 aliphatic carbocycles. The van der Waals surface area contributed by atoms with Crippen molar-refractivity contribution >= 4 is 27.2 Å². The summed E-state index contributed by atoms with van der Waals surface area (Å²) in [6.45, 7) is 2.24. The van der Waals surface area contributed by atoms with Gasteiger partial charge in [0, 0.05) is 17.5 Å². The molecule has 0 radical (unpaired) electrons. The third kappa shape index (κ3) is 3.28. The van der Waals surface area contributed by atoms with Crippen molar-refractivity contribution in [2.45, 2.75) is 32.1 Å². The predicted molar refractivity (Wildman–Crippen MR) is 85.4 cm³/mol. The van der Waals surface area contributed by atoms with Crippen molar-refractivity contribution in [1.29, 1.82) is 0 Å². The molecule has 2 nitrogen and oxygen atoms in total. The Balaban J connectivity index is 1.55. The second-order valence-electron chi connectivity index (χ2n) is 5.70. The van der Waals surface area contributed by atoms with Crippen LogP contribution in [0.2, 0.25) is 0 Å². The van der Waals surface area contributed by atoms with Gasteiger partial charge in [-0.25, -0.2) is 0 Å². The number of Topliss-reactive ketones (excluding diaryl/α,β-unsaturated/α-hetero) is 1. The van der Waals surface area contributed by atoms with Crippen molar-refractivity contribution in [1.82, 2.24) is 5.32 Å². The highest BCUT2D eigenvalue weighted by atomic mass is 32.1. The Labute approximate surface area is 124 Å². The fourth-order valence-corrected chi connectivity index (χ4v) is 3.97. The monoisotopic (exact) mass is 287 g/mol. The summed E-state index contributed by atoms with van der Waals surface area (Å²) in [6.07, 6.45) is 4.88. The predicted octanol–water partition coefficient (Wildman–Crippen LogP) is 3.79. The summed E-state index contributed by atoms with van der Waals surface area (Å²) >= 11 is 1.74. The van der Waals surface area contributed by atoms with Crippen molar-refractivity contribution in [3.05, 3.63) is 35.2 Å². The van der Waals surface area contributed by atoms with E-state index in [2.05, 4.69) is 35.0 Å². The van der Waals surface area contributed by atoms with Crippen molar-refractivity contribution in [2.24, 2.45) is 5.92 Å². The lowest BCUT2D eigenvalue weighted by Crippen LogP contribution is -2.28. The second kappa shape index (κ2) is 6.51. The molecule has 0 saturated carbocycles. The summed E-state index contributed by atoms with van der Waals surface area (Å²) in [6, 6.07) is 8.36. The molecule has 0 spiro atoms. The molecule has 1 fully saturated rings. The van der Waals surface area contributed by atoms with Crippen molar-refractivity contribution < 1.29 is 4.79 Å². The topological polar surface area (TPSA) is 29.1 Å². The molecule has 1 aliphatic rings. The molecule has 1 N–H and O–H groups in total. The van der Waals surface area contributed by atoms with Crippen LogP contribution in [0.1, 0.15) is 31.2 Å². The largest absolute Gasteiger partial charge is 0.317 e. The van der Waals surface area contributed by atoms with Gasteiger partial charge in [-0.05, 0) is 60.7 Å². The van der Waals surface area contributed by atoms with Crippen molar-refractivity contribution in [2.75, 3.05) is 13.1 Å². The zero-order chi connectivity index (χ0) is 13.8. The molecule has 2 heterocycles. The van der Waals surface area contributed by atoms with Crippen LogP contribution in [0.4, 0.5) is 0 Å². The van der Waals surface area contributed by atoms with Crippen LogP contribution in [0.3, 0.4) is 0 Å². The maximum absolute atomic E-state index is 12.2. The maximum Gasteiger partial charge on any atom is 0.137 e. The van der Waals surface area contributed by atoms with E-state index >= 15 is 0 Å². The molecule has 0 unspecified atom stereocenters. The number of benzene rings is 1. The van der Waals surface area contributed by atoms with E-state index in [1.807, 2.05) is 0 Å². The lowest BCUT2D eigenvalue weighted by Gasteiger charge is -2.22. The first-order valence-corrected chi connectivity index (χ1v) is 8.38. The highest BCUT2D eigenvalue weighted by Crippen LogP contribution is 2.26. The number of carbonyl (C=O) groups is 1. The van der Waals surface area contributed by atoms with Crippen LogP contribution in [0.15, 0.2) is 29.6 Å². The van der Waals surface area contributed by atoms with Gasteiger partial charge >= 0.3 is 0 Å². The van der Waals surface area contributed by atoms with Gasteiger partial charge in [-0.2, -0.15) is 0 Å². The summed E-state index contributed by atoms with van der Waals surface area (Å²) in [4.78, 5) is 12.2. The van der Waals surface area contributed by atoms with E-state index in [0.717, 1.165) is 31.8 Å². The highest BCUT2D eigenvalue weighted by Gasteiger charge is 2.15. The zero-order valence-electron chi connectivity index (χ0n) is 11.7. The van der Waals surface area contributed by atoms with Crippen LogP contribution in [0.25, 0.3) is 10.1 Å². The van der Waals surface area contributed by atoms with Gasteiger partial charge in [0.2, 0.25) is 0 Å². The molecule has 3 heteroatoms. The first-order valence-electron chi connectivity index (χ1n) is 7.50. The van der Waals surface area contributed by atoms with Crippen molar-refractivity contribution in [3.8, 4) is 0 Å². The van der Waals surface area contributed by atoms with Gasteiger partial charge in [0.15, 0.2) is 0 Å². The van der Waals surface area contributed by atoms with Crippen LogP contribution >= 0.6 is 11.3 Å². The van der Waals surface area contributed by atoms with Gasteiger partial charge in [-0.1, -0.05) is 18.2 Å². The van der Waals surface area contributed by atoms with Crippen LogP contribution in [0, 0.1) is 5.92 Å². The number of carbonyl (C=O) groups excluding carboxylic acids is 1. The van der Waals surface area contributed by atoms with E-state index in [1.54, 1.807) is 11.3 Å². The number of ketones is 1. The fourth-order valence-electron chi connectivity index (χ4n) is 3.01. The molecular weight excluding hydrogens is 266 g/mol. The second-order valence-corrected chi connectivity index (χ2v) is 6.62. The number of thiophene rings is 1. The Morgan fingerprint density at radius 2 is 2.05 bits per heavy atom. The molecule has 0 amide bonds. The number of fused-ring (bicyclic) bond motifs is 1. The minimum absolute atomic E-state index is 0.395. The van der Waals surface area contributed by atoms with E-state index < -0.39 is 0 Å². The number of hydrogen-bond donors (Lipinski definition) is 1. The molecule has 1 aromatic heterocycles. The fraction of sp³-hybridized carbons (Fsp3) is 0.471. The van der Waals surface area contributed by atoms with Crippen LogP contribution in [-0.4, -0.2) is 18.9 Å². The van der Waals surface area contributed by atoms with Gasteiger partial charge in [0.25, 0.3) is 0 Å². The van der Waals surface area contributed by atoms with Gasteiger partial charge in [-0.3, -0.25) is 4.79 Å². The summed E-state index contributed by atoms with van der Waals surface area (Å²) < 4.78 is 1.29. The molecule has 1 saturated heterocycles. The van der Waals surface area contributed by atoms with E-state index in [1.165, 1.54) is 28.5 Å². The average molecular weight is 287 g/mol. The molecule has 0 atom stereocenters. The maximum atomic E-state index is 12.2. The Kier molecular flexibility index (Phi) is 4.48. The van der Waals surface area contributed by atoms with Gasteiger partial charge in [-0.15, -0.1) is 11.3 Å². The number of piperidine rings is 1. The summed E-state index contributed by atoms with van der Waals surface area (Å²) in [7, 11) is 0. The third-order valence-electron chi connectivity index (χ3n) is 4.24. The lowest BCUT2D eigenvalue weighted by molar-refractivity contribution is -0.118. The number of nitrogens with one attached hydrogen (secondary N) is 1. The number of rotatable bonds is 5. The molecule has 1 aliphatic heterocycles. The third-order valence-corrected chi connectivity index (χ3v) is 5.25. The Morgan fingerprint density at radius 3 is 2.90 bits per heavy atom. The summed E-state index contributed by atoms with van der Waals surface area (Å²) in [5.74, 6) is 1.14. The summed E-state index contributed by atoms with van der Waals surface area (Å²) in [5, 5.41) is 6.78. The van der Waals surface area contributed by atoms with Gasteiger partial charge in [0.1, 0.15) is 5.78 Å². The zero-order valence-corrected chi connectivity index (χ0v) is 12.5. The minimum atomic E-state index is 0.395. The normalized spacial score (nSPS) is 16.6. The van der Waals surface area contributed by atoms with E-state index in [-0.39, 0.29) is 0 Å². The van der Waals surface area contributed by atoms with Crippen LogP contribution in [0.5, 0.6) is 0 Å². The molecule has 106 valence electrons. The van der Waals surface area contributed by atoms with E-state index in [4.69, 9.17) is 0 Å². The van der Waals surface area contributed by atoms with E-state index in [9.17, 15) is 4.79 Å². The molecular formula is C17H21NOS. The summed E-state index contributed by atoms with van der Waals surface area (Å²) in [5.41, 5.74) is 1.21. The first kappa shape index (κ1) is 13.8. The van der Waals surface area contributed by atoms with Gasteiger partial charge in [0.05, 0.1) is 0 Å². The van der Waals surface area contributed by atoms with E-state index in [0.29, 0.717) is 12.2 Å². The lowest BCUT2D eigenvalue weighted by atomic mass is 9.91. The van der Waals surface area contributed by atoms with Crippen LogP contribution < -0.4 is 5.32 Å².